The summed E-state index contributed by atoms with van der Waals surface area (Å²) >= 11 is 0. The van der Waals surface area contributed by atoms with Gasteiger partial charge in [-0.3, -0.25) is 0 Å². The Hall–Kier alpha value is -1.08. The van der Waals surface area contributed by atoms with Gasteiger partial charge in [0.15, 0.2) is 0 Å². The molecule has 0 heterocycles. The Labute approximate surface area is 123 Å². The molecule has 1 aromatic rings. The SMILES string of the molecule is CN(C)C1CCc2cccc(C3=CCCCCC3)c2C1. The molecule has 108 valence electrons. The number of allylic oxidation sites excluding steroid dienone is 2. The molecule has 0 aliphatic heterocycles. The van der Waals surface area contributed by atoms with Crippen molar-refractivity contribution in [1.82, 2.24) is 4.90 Å². The molecule has 3 rings (SSSR count). The third-order valence-electron chi connectivity index (χ3n) is 5.08. The fourth-order valence-electron chi connectivity index (χ4n) is 3.77. The van der Waals surface area contributed by atoms with E-state index < -0.39 is 0 Å². The van der Waals surface area contributed by atoms with Gasteiger partial charge in [-0.1, -0.05) is 30.7 Å². The minimum Gasteiger partial charge on any atom is -0.306 e. The van der Waals surface area contributed by atoms with E-state index in [1.54, 1.807) is 22.3 Å². The summed E-state index contributed by atoms with van der Waals surface area (Å²) in [4.78, 5) is 2.40. The Bertz CT molecular complexity index is 498. The molecule has 1 aromatic carbocycles. The molecule has 20 heavy (non-hydrogen) atoms. The Balaban J connectivity index is 1.94. The number of hydrogen-bond donors (Lipinski definition) is 0. The molecule has 0 aromatic heterocycles. The molecule has 0 spiro atoms. The summed E-state index contributed by atoms with van der Waals surface area (Å²) in [6.45, 7) is 0. The Morgan fingerprint density at radius 3 is 2.80 bits per heavy atom. The number of nitrogens with zero attached hydrogens (tertiary/aromatic N) is 1. The van der Waals surface area contributed by atoms with E-state index in [0.29, 0.717) is 0 Å². The van der Waals surface area contributed by atoms with E-state index in [1.807, 2.05) is 0 Å². The zero-order valence-corrected chi connectivity index (χ0v) is 13.0. The first-order chi connectivity index (χ1) is 9.75. The van der Waals surface area contributed by atoms with Gasteiger partial charge in [0.1, 0.15) is 0 Å². The summed E-state index contributed by atoms with van der Waals surface area (Å²) in [6.07, 6.45) is 13.0. The maximum atomic E-state index is 2.52. The van der Waals surface area contributed by atoms with Crippen LogP contribution in [-0.2, 0) is 12.8 Å². The van der Waals surface area contributed by atoms with Crippen LogP contribution in [-0.4, -0.2) is 25.0 Å². The Morgan fingerprint density at radius 1 is 1.05 bits per heavy atom. The summed E-state index contributed by atoms with van der Waals surface area (Å²) in [5.74, 6) is 0. The molecule has 1 heteroatoms. The first-order valence-corrected chi connectivity index (χ1v) is 8.22. The number of benzene rings is 1. The average molecular weight is 269 g/mol. The zero-order valence-electron chi connectivity index (χ0n) is 13.0. The second-order valence-corrected chi connectivity index (χ2v) is 6.63. The van der Waals surface area contributed by atoms with E-state index in [0.717, 1.165) is 6.04 Å². The van der Waals surface area contributed by atoms with Gasteiger partial charge in [-0.15, -0.1) is 0 Å². The number of hydrogen-bond acceptors (Lipinski definition) is 1. The highest BCUT2D eigenvalue weighted by Crippen LogP contribution is 2.34. The summed E-state index contributed by atoms with van der Waals surface area (Å²) in [7, 11) is 4.45. The van der Waals surface area contributed by atoms with Crippen LogP contribution >= 0.6 is 0 Å². The molecular weight excluding hydrogens is 242 g/mol. The minimum atomic E-state index is 0.718. The van der Waals surface area contributed by atoms with Crippen LogP contribution in [0.5, 0.6) is 0 Å². The zero-order chi connectivity index (χ0) is 13.9. The van der Waals surface area contributed by atoms with Crippen LogP contribution in [0, 0.1) is 0 Å². The molecule has 2 aliphatic carbocycles. The standard InChI is InChI=1S/C19H27N/c1-20(2)17-13-12-16-10-7-11-18(19(16)14-17)15-8-5-3-4-6-9-15/h7-8,10-11,17H,3-6,9,12-14H2,1-2H3. The lowest BCUT2D eigenvalue weighted by atomic mass is 9.82. The predicted octanol–water partition coefficient (Wildman–Crippen LogP) is 4.45. The minimum absolute atomic E-state index is 0.718. The van der Waals surface area contributed by atoms with Crippen LogP contribution in [0.25, 0.3) is 5.57 Å². The van der Waals surface area contributed by atoms with Crippen LogP contribution in [0.4, 0.5) is 0 Å². The predicted molar refractivity (Wildman–Crippen MR) is 87.0 cm³/mol. The van der Waals surface area contributed by atoms with E-state index in [4.69, 9.17) is 0 Å². The fraction of sp³-hybridized carbons (Fsp3) is 0.579. The Kier molecular flexibility index (Phi) is 4.26. The smallest absolute Gasteiger partial charge is 0.0133 e. The van der Waals surface area contributed by atoms with Gasteiger partial charge in [-0.05, 0) is 81.3 Å². The lowest BCUT2D eigenvalue weighted by Gasteiger charge is -2.31. The molecule has 2 aliphatic rings. The summed E-state index contributed by atoms with van der Waals surface area (Å²) in [5.41, 5.74) is 6.44. The second-order valence-electron chi connectivity index (χ2n) is 6.63. The van der Waals surface area contributed by atoms with Crippen molar-refractivity contribution in [3.05, 3.63) is 41.0 Å². The summed E-state index contributed by atoms with van der Waals surface area (Å²) in [6, 6.07) is 7.71. The molecule has 0 fully saturated rings. The molecule has 0 bridgehead atoms. The van der Waals surface area contributed by atoms with Crippen LogP contribution < -0.4 is 0 Å². The second kappa shape index (κ2) is 6.13. The maximum Gasteiger partial charge on any atom is 0.0133 e. The van der Waals surface area contributed by atoms with Gasteiger partial charge in [0, 0.05) is 6.04 Å². The molecular formula is C19H27N. The highest BCUT2D eigenvalue weighted by molar-refractivity contribution is 5.70. The number of rotatable bonds is 2. The maximum absolute atomic E-state index is 2.52. The van der Waals surface area contributed by atoms with Crippen LogP contribution in [0.3, 0.4) is 0 Å². The first kappa shape index (κ1) is 13.9. The highest BCUT2D eigenvalue weighted by Gasteiger charge is 2.23. The van der Waals surface area contributed by atoms with E-state index >= 15 is 0 Å². The topological polar surface area (TPSA) is 3.24 Å². The molecule has 1 unspecified atom stereocenters. The molecule has 0 saturated carbocycles. The average Bonchev–Trinajstić information content (AvgIpc) is 2.75. The molecule has 1 atom stereocenters. The number of likely N-dealkylation sites (N-methyl/N-ethyl adjacent to an activating group) is 1. The molecule has 1 nitrogen and oxygen atoms in total. The summed E-state index contributed by atoms with van der Waals surface area (Å²) in [5, 5.41) is 0. The van der Waals surface area contributed by atoms with Crippen molar-refractivity contribution < 1.29 is 0 Å². The van der Waals surface area contributed by atoms with E-state index in [1.165, 1.54) is 51.4 Å². The largest absolute Gasteiger partial charge is 0.306 e. The van der Waals surface area contributed by atoms with Crippen molar-refractivity contribution in [3.63, 3.8) is 0 Å². The van der Waals surface area contributed by atoms with E-state index in [2.05, 4.69) is 43.3 Å². The van der Waals surface area contributed by atoms with Crippen LogP contribution in [0.1, 0.15) is 55.2 Å². The van der Waals surface area contributed by atoms with Crippen LogP contribution in [0.2, 0.25) is 0 Å². The van der Waals surface area contributed by atoms with E-state index in [-0.39, 0.29) is 0 Å². The molecule has 0 radical (unpaired) electrons. The van der Waals surface area contributed by atoms with Crippen molar-refractivity contribution in [2.24, 2.45) is 0 Å². The van der Waals surface area contributed by atoms with Crippen LogP contribution in [0.15, 0.2) is 24.3 Å². The van der Waals surface area contributed by atoms with E-state index in [9.17, 15) is 0 Å². The van der Waals surface area contributed by atoms with Gasteiger partial charge >= 0.3 is 0 Å². The third-order valence-corrected chi connectivity index (χ3v) is 5.08. The molecule has 0 N–H and O–H groups in total. The molecule has 0 saturated heterocycles. The van der Waals surface area contributed by atoms with Gasteiger partial charge in [0.05, 0.1) is 0 Å². The lowest BCUT2D eigenvalue weighted by Crippen LogP contribution is -2.33. The molecule has 0 amide bonds. The normalized spacial score (nSPS) is 23.1. The van der Waals surface area contributed by atoms with Crippen molar-refractivity contribution in [2.75, 3.05) is 14.1 Å². The lowest BCUT2D eigenvalue weighted by molar-refractivity contribution is 0.268. The van der Waals surface area contributed by atoms with Gasteiger partial charge < -0.3 is 4.90 Å². The fourth-order valence-corrected chi connectivity index (χ4v) is 3.77. The highest BCUT2D eigenvalue weighted by atomic mass is 15.1. The first-order valence-electron chi connectivity index (χ1n) is 8.22. The van der Waals surface area contributed by atoms with Gasteiger partial charge in [0.25, 0.3) is 0 Å². The van der Waals surface area contributed by atoms with Crippen molar-refractivity contribution in [3.8, 4) is 0 Å². The quantitative estimate of drug-likeness (QED) is 0.766. The van der Waals surface area contributed by atoms with Crippen molar-refractivity contribution in [2.45, 2.75) is 57.4 Å². The monoisotopic (exact) mass is 269 g/mol. The number of fused-ring (bicyclic) bond motifs is 1. The third kappa shape index (κ3) is 2.83. The van der Waals surface area contributed by atoms with Gasteiger partial charge in [-0.25, -0.2) is 0 Å². The Morgan fingerprint density at radius 2 is 1.95 bits per heavy atom. The van der Waals surface area contributed by atoms with Crippen molar-refractivity contribution >= 4 is 5.57 Å². The summed E-state index contributed by atoms with van der Waals surface area (Å²) < 4.78 is 0. The van der Waals surface area contributed by atoms with Gasteiger partial charge in [-0.2, -0.15) is 0 Å². The van der Waals surface area contributed by atoms with Crippen molar-refractivity contribution in [1.29, 1.82) is 0 Å². The number of aryl methyl sites for hydroxylation is 1. The van der Waals surface area contributed by atoms with Gasteiger partial charge in [0.2, 0.25) is 0 Å².